The molecule has 2 amide bonds. The maximum atomic E-state index is 12.7. The first kappa shape index (κ1) is 16.5. The summed E-state index contributed by atoms with van der Waals surface area (Å²) in [7, 11) is 1.71. The first-order valence-corrected chi connectivity index (χ1v) is 7.68. The van der Waals surface area contributed by atoms with Crippen LogP contribution in [-0.4, -0.2) is 37.1 Å². The molecule has 5 nitrogen and oxygen atoms in total. The number of carbonyl (C=O) groups is 2. The summed E-state index contributed by atoms with van der Waals surface area (Å²) >= 11 is 0. The van der Waals surface area contributed by atoms with Crippen LogP contribution in [0.2, 0.25) is 0 Å². The van der Waals surface area contributed by atoms with Gasteiger partial charge in [-0.1, -0.05) is 6.07 Å². The summed E-state index contributed by atoms with van der Waals surface area (Å²) in [5.74, 6) is -0.372. The lowest BCUT2D eigenvalue weighted by Crippen LogP contribution is -2.47. The molecule has 1 aromatic rings. The van der Waals surface area contributed by atoms with Gasteiger partial charge in [-0.3, -0.25) is 9.59 Å². The summed E-state index contributed by atoms with van der Waals surface area (Å²) in [6.07, 6.45) is 1.42. The van der Waals surface area contributed by atoms with Crippen LogP contribution < -0.4 is 9.80 Å². The van der Waals surface area contributed by atoms with Crippen molar-refractivity contribution in [3.8, 4) is 0 Å². The zero-order valence-corrected chi connectivity index (χ0v) is 13.7. The van der Waals surface area contributed by atoms with Gasteiger partial charge >= 0.3 is 0 Å². The number of anilines is 2. The number of amides is 2. The number of carbonyl (C=O) groups excluding carboxylic acids is 2. The Bertz CT molecular complexity index is 596. The van der Waals surface area contributed by atoms with Gasteiger partial charge in [-0.25, -0.2) is 0 Å². The molecule has 0 unspecified atom stereocenters. The molecule has 0 atom stereocenters. The van der Waals surface area contributed by atoms with Crippen LogP contribution in [0.1, 0.15) is 32.8 Å². The number of aliphatic hydroxyl groups is 1. The van der Waals surface area contributed by atoms with Gasteiger partial charge in [0, 0.05) is 20.2 Å². The van der Waals surface area contributed by atoms with E-state index in [1.807, 2.05) is 25.1 Å². The summed E-state index contributed by atoms with van der Waals surface area (Å²) in [5.41, 5.74) is 1.49. The minimum atomic E-state index is -1.07. The number of benzene rings is 1. The average molecular weight is 304 g/mol. The van der Waals surface area contributed by atoms with Crippen molar-refractivity contribution in [3.05, 3.63) is 23.8 Å². The largest absolute Gasteiger partial charge is 0.396 e. The molecule has 120 valence electrons. The lowest BCUT2D eigenvalue weighted by molar-refractivity contribution is -0.137. The van der Waals surface area contributed by atoms with Gasteiger partial charge in [0.05, 0.1) is 11.4 Å². The molecule has 0 radical (unpaired) electrons. The second-order valence-corrected chi connectivity index (χ2v) is 6.19. The highest BCUT2D eigenvalue weighted by Gasteiger charge is 2.45. The highest BCUT2D eigenvalue weighted by Crippen LogP contribution is 2.38. The molecule has 0 aromatic heterocycles. The highest BCUT2D eigenvalue weighted by atomic mass is 16.3. The quantitative estimate of drug-likeness (QED) is 0.865. The third kappa shape index (κ3) is 2.61. The van der Waals surface area contributed by atoms with Crippen molar-refractivity contribution in [1.82, 2.24) is 0 Å². The van der Waals surface area contributed by atoms with Crippen molar-refractivity contribution in [1.29, 1.82) is 0 Å². The molecular weight excluding hydrogens is 280 g/mol. The molecule has 1 aliphatic rings. The Morgan fingerprint density at radius 3 is 2.41 bits per heavy atom. The minimum Gasteiger partial charge on any atom is -0.396 e. The van der Waals surface area contributed by atoms with Crippen LogP contribution in [0.25, 0.3) is 0 Å². The molecule has 0 fully saturated rings. The van der Waals surface area contributed by atoms with Crippen LogP contribution in [-0.2, 0) is 16.0 Å². The average Bonchev–Trinajstić information content (AvgIpc) is 2.56. The van der Waals surface area contributed by atoms with Crippen LogP contribution in [0, 0.1) is 5.41 Å². The SMILES string of the molecule is CCN1C(=O)C(C)(C)C(=O)N(C)c2cc(CCCO)ccc21. The first-order chi connectivity index (χ1) is 10.3. The Morgan fingerprint density at radius 1 is 1.14 bits per heavy atom. The third-order valence-electron chi connectivity index (χ3n) is 4.25. The lowest BCUT2D eigenvalue weighted by atomic mass is 9.90. The van der Waals surface area contributed by atoms with Crippen molar-refractivity contribution < 1.29 is 14.7 Å². The first-order valence-electron chi connectivity index (χ1n) is 7.68. The Kier molecular flexibility index (Phi) is 4.56. The second-order valence-electron chi connectivity index (χ2n) is 6.19. The van der Waals surface area contributed by atoms with E-state index < -0.39 is 5.41 Å². The van der Waals surface area contributed by atoms with Gasteiger partial charge in [-0.05, 0) is 51.3 Å². The van der Waals surface area contributed by atoms with E-state index in [1.165, 1.54) is 0 Å². The molecule has 1 aromatic carbocycles. The van der Waals surface area contributed by atoms with E-state index in [1.54, 1.807) is 30.7 Å². The summed E-state index contributed by atoms with van der Waals surface area (Å²) < 4.78 is 0. The van der Waals surface area contributed by atoms with Gasteiger partial charge in [-0.15, -0.1) is 0 Å². The molecule has 1 N–H and O–H groups in total. The number of hydrogen-bond donors (Lipinski definition) is 1. The number of aryl methyl sites for hydroxylation is 1. The van der Waals surface area contributed by atoms with Crippen molar-refractivity contribution in [2.24, 2.45) is 5.41 Å². The molecule has 0 saturated heterocycles. The fraction of sp³-hybridized carbons (Fsp3) is 0.529. The Hall–Kier alpha value is -1.88. The van der Waals surface area contributed by atoms with E-state index in [9.17, 15) is 9.59 Å². The molecule has 0 aliphatic carbocycles. The number of hydrogen-bond acceptors (Lipinski definition) is 3. The van der Waals surface area contributed by atoms with Crippen LogP contribution in [0.15, 0.2) is 18.2 Å². The van der Waals surface area contributed by atoms with Crippen LogP contribution >= 0.6 is 0 Å². The second kappa shape index (κ2) is 6.08. The maximum absolute atomic E-state index is 12.7. The van der Waals surface area contributed by atoms with Crippen molar-refractivity contribution in [2.45, 2.75) is 33.6 Å². The molecule has 1 heterocycles. The summed E-state index contributed by atoms with van der Waals surface area (Å²) in [6, 6.07) is 5.80. The van der Waals surface area contributed by atoms with Crippen molar-refractivity contribution in [2.75, 3.05) is 30.0 Å². The van der Waals surface area contributed by atoms with Gasteiger partial charge in [0.15, 0.2) is 0 Å². The summed E-state index contributed by atoms with van der Waals surface area (Å²) in [6.45, 7) is 5.92. The fourth-order valence-electron chi connectivity index (χ4n) is 2.89. The van der Waals surface area contributed by atoms with Gasteiger partial charge in [0.25, 0.3) is 0 Å². The van der Waals surface area contributed by atoms with E-state index in [4.69, 9.17) is 5.11 Å². The zero-order chi connectivity index (χ0) is 16.5. The van der Waals surface area contributed by atoms with Crippen molar-refractivity contribution in [3.63, 3.8) is 0 Å². The van der Waals surface area contributed by atoms with Gasteiger partial charge < -0.3 is 14.9 Å². The molecule has 0 spiro atoms. The van der Waals surface area contributed by atoms with Crippen molar-refractivity contribution >= 4 is 23.2 Å². The van der Waals surface area contributed by atoms with E-state index in [0.717, 1.165) is 23.4 Å². The third-order valence-corrected chi connectivity index (χ3v) is 4.25. The summed E-state index contributed by atoms with van der Waals surface area (Å²) in [5, 5.41) is 8.97. The highest BCUT2D eigenvalue weighted by molar-refractivity contribution is 6.19. The molecule has 22 heavy (non-hydrogen) atoms. The van der Waals surface area contributed by atoms with Gasteiger partial charge in [-0.2, -0.15) is 0 Å². The number of rotatable bonds is 4. The Balaban J connectivity index is 2.55. The standard InChI is InChI=1S/C17H24N2O3/c1-5-19-13-9-8-12(7-6-10-20)11-14(13)18(4)15(21)17(2,3)16(19)22/h8-9,11,20H,5-7,10H2,1-4H3. The Morgan fingerprint density at radius 2 is 1.82 bits per heavy atom. The van der Waals surface area contributed by atoms with E-state index in [0.29, 0.717) is 13.0 Å². The zero-order valence-electron chi connectivity index (χ0n) is 13.7. The van der Waals surface area contributed by atoms with E-state index in [2.05, 4.69) is 0 Å². The molecule has 0 saturated carbocycles. The van der Waals surface area contributed by atoms with E-state index >= 15 is 0 Å². The van der Waals surface area contributed by atoms with E-state index in [-0.39, 0.29) is 18.4 Å². The molecule has 1 aliphatic heterocycles. The fourth-order valence-corrected chi connectivity index (χ4v) is 2.89. The molecular formula is C17H24N2O3. The topological polar surface area (TPSA) is 60.9 Å². The summed E-state index contributed by atoms with van der Waals surface area (Å²) in [4.78, 5) is 28.6. The molecule has 2 rings (SSSR count). The smallest absolute Gasteiger partial charge is 0.242 e. The van der Waals surface area contributed by atoms with Crippen LogP contribution in [0.3, 0.4) is 0 Å². The number of aliphatic hydroxyl groups excluding tert-OH is 1. The number of nitrogens with zero attached hydrogens (tertiary/aromatic N) is 2. The minimum absolute atomic E-state index is 0.137. The molecule has 0 bridgehead atoms. The lowest BCUT2D eigenvalue weighted by Gasteiger charge is -2.27. The normalized spacial score (nSPS) is 17.5. The predicted molar refractivity (Wildman–Crippen MR) is 87.1 cm³/mol. The maximum Gasteiger partial charge on any atom is 0.242 e. The Labute approximate surface area is 131 Å². The monoisotopic (exact) mass is 304 g/mol. The van der Waals surface area contributed by atoms with Crippen LogP contribution in [0.5, 0.6) is 0 Å². The van der Waals surface area contributed by atoms with Gasteiger partial charge in [0.2, 0.25) is 11.8 Å². The van der Waals surface area contributed by atoms with Gasteiger partial charge in [0.1, 0.15) is 5.41 Å². The molecule has 5 heteroatoms. The predicted octanol–water partition coefficient (Wildman–Crippen LogP) is 1.97. The van der Waals surface area contributed by atoms with Crippen LogP contribution in [0.4, 0.5) is 11.4 Å². The number of fused-ring (bicyclic) bond motifs is 1.